The van der Waals surface area contributed by atoms with E-state index in [2.05, 4.69) is 0 Å². The van der Waals surface area contributed by atoms with Crippen molar-refractivity contribution in [3.63, 3.8) is 0 Å². The average Bonchev–Trinajstić information content (AvgIpc) is 1.82. The van der Waals surface area contributed by atoms with Crippen molar-refractivity contribution >= 4 is 17.7 Å². The third-order valence-corrected chi connectivity index (χ3v) is 0.804. The molecule has 0 amide bonds. The van der Waals surface area contributed by atoms with Gasteiger partial charge in [0.05, 0.1) is 6.42 Å². The van der Waals surface area contributed by atoms with Gasteiger partial charge in [0.1, 0.15) is 0 Å². The Hall–Kier alpha value is 0.246. The minimum Gasteiger partial charge on any atom is -0.481 e. The molecule has 0 fully saturated rings. The molecule has 0 aromatic carbocycles. The number of aliphatic carboxylic acids is 2. The molecule has 0 unspecified atom stereocenters. The fraction of sp³-hybridized carbons (Fsp3) is 0.400. The van der Waals surface area contributed by atoms with E-state index < -0.39 is 30.6 Å². The molecule has 0 heterocycles. The van der Waals surface area contributed by atoms with Crippen molar-refractivity contribution in [3.05, 3.63) is 0 Å². The number of carboxylic acid groups (broad SMARTS) is 2. The first kappa shape index (κ1) is 13.8. The van der Waals surface area contributed by atoms with Gasteiger partial charge in [-0.2, -0.15) is 0 Å². The predicted octanol–water partition coefficient (Wildman–Crippen LogP) is -3.49. The molecule has 0 bridgehead atoms. The Labute approximate surface area is 105 Å². The Morgan fingerprint density at radius 2 is 1.45 bits per heavy atom. The summed E-state index contributed by atoms with van der Waals surface area (Å²) in [5.74, 6) is -3.82. The maximum absolute atomic E-state index is 10.2. The standard InChI is InChI=1S/C5H6O5.K/c6-3(5(9)10)1-2-4(7)8;/h1-2H2,(H,7,8)(H,9,10);/q;+1. The number of carbonyl (C=O) groups is 3. The fourth-order valence-electron chi connectivity index (χ4n) is 0.327. The van der Waals surface area contributed by atoms with E-state index in [0.717, 1.165) is 0 Å². The molecule has 6 heteroatoms. The second-order valence-electron chi connectivity index (χ2n) is 1.62. The molecule has 5 nitrogen and oxygen atoms in total. The number of Topliss-reactive ketones (excluding diaryl/α,β-unsaturated/α-hetero) is 1. The molecule has 0 aromatic heterocycles. The molecule has 0 saturated heterocycles. The van der Waals surface area contributed by atoms with Crippen LogP contribution in [0.2, 0.25) is 0 Å². The number of hydrogen-bond donors (Lipinski definition) is 2. The van der Waals surface area contributed by atoms with Gasteiger partial charge in [0.15, 0.2) is 0 Å². The molecule has 56 valence electrons. The molecule has 0 atom stereocenters. The second-order valence-corrected chi connectivity index (χ2v) is 1.62. The summed E-state index contributed by atoms with van der Waals surface area (Å²) in [5.41, 5.74) is 0. The van der Waals surface area contributed by atoms with Crippen molar-refractivity contribution in [2.24, 2.45) is 0 Å². The minimum absolute atomic E-state index is 0. The maximum Gasteiger partial charge on any atom is 1.00 e. The van der Waals surface area contributed by atoms with Crippen LogP contribution in [0.3, 0.4) is 0 Å². The molecule has 2 N–H and O–H groups in total. The van der Waals surface area contributed by atoms with Crippen molar-refractivity contribution < 1.29 is 76.0 Å². The van der Waals surface area contributed by atoms with Gasteiger partial charge in [-0.05, 0) is 0 Å². The van der Waals surface area contributed by atoms with E-state index in [4.69, 9.17) is 10.2 Å². The first-order valence-electron chi connectivity index (χ1n) is 2.52. The monoisotopic (exact) mass is 185 g/mol. The van der Waals surface area contributed by atoms with Crippen LogP contribution >= 0.6 is 0 Å². The molecule has 0 aliphatic heterocycles. The second kappa shape index (κ2) is 6.93. The Bertz CT molecular complexity index is 176. The largest absolute Gasteiger partial charge is 1.00 e. The molecular formula is C5H6KO5+. The summed E-state index contributed by atoms with van der Waals surface area (Å²) in [6, 6.07) is 0. The summed E-state index contributed by atoms with van der Waals surface area (Å²) in [6.07, 6.45) is -0.865. The van der Waals surface area contributed by atoms with Gasteiger partial charge in [0.25, 0.3) is 0 Å². The maximum atomic E-state index is 10.2. The summed E-state index contributed by atoms with van der Waals surface area (Å²) in [4.78, 5) is 29.7. The molecule has 0 aliphatic carbocycles. The van der Waals surface area contributed by atoms with Crippen LogP contribution in [0.25, 0.3) is 0 Å². The first-order valence-corrected chi connectivity index (χ1v) is 2.52. The number of carboxylic acids is 2. The van der Waals surface area contributed by atoms with E-state index >= 15 is 0 Å². The van der Waals surface area contributed by atoms with Gasteiger partial charge in [-0.25, -0.2) is 4.79 Å². The molecule has 11 heavy (non-hydrogen) atoms. The first-order chi connectivity index (χ1) is 4.54. The number of rotatable bonds is 4. The summed E-state index contributed by atoms with van der Waals surface area (Å²) < 4.78 is 0. The van der Waals surface area contributed by atoms with Crippen molar-refractivity contribution in [3.8, 4) is 0 Å². The summed E-state index contributed by atoms with van der Waals surface area (Å²) in [7, 11) is 0. The zero-order valence-electron chi connectivity index (χ0n) is 6.03. The van der Waals surface area contributed by atoms with E-state index in [1.165, 1.54) is 0 Å². The van der Waals surface area contributed by atoms with E-state index in [1.807, 2.05) is 0 Å². The third-order valence-electron chi connectivity index (χ3n) is 0.804. The van der Waals surface area contributed by atoms with Crippen molar-refractivity contribution in [2.45, 2.75) is 12.8 Å². The Morgan fingerprint density at radius 3 is 1.73 bits per heavy atom. The van der Waals surface area contributed by atoms with Crippen LogP contribution in [0, 0.1) is 0 Å². The smallest absolute Gasteiger partial charge is 0.481 e. The van der Waals surface area contributed by atoms with Crippen LogP contribution in [-0.4, -0.2) is 27.9 Å². The van der Waals surface area contributed by atoms with E-state index in [9.17, 15) is 14.4 Å². The van der Waals surface area contributed by atoms with E-state index in [1.54, 1.807) is 0 Å². The van der Waals surface area contributed by atoms with Gasteiger partial charge in [-0.15, -0.1) is 0 Å². The predicted molar refractivity (Wildman–Crippen MR) is 29.5 cm³/mol. The summed E-state index contributed by atoms with van der Waals surface area (Å²) in [5, 5.41) is 16.0. The molecule has 0 aromatic rings. The normalized spacial score (nSPS) is 8.00. The third kappa shape index (κ3) is 8.15. The van der Waals surface area contributed by atoms with Crippen LogP contribution in [0.1, 0.15) is 12.8 Å². The SMILES string of the molecule is O=C(O)CCC(=O)C(=O)O.[K+]. The van der Waals surface area contributed by atoms with Gasteiger partial charge in [0, 0.05) is 6.42 Å². The zero-order chi connectivity index (χ0) is 8.15. The summed E-state index contributed by atoms with van der Waals surface area (Å²) in [6.45, 7) is 0. The molecule has 0 spiro atoms. The van der Waals surface area contributed by atoms with Crippen LogP contribution in [0.4, 0.5) is 0 Å². The van der Waals surface area contributed by atoms with Gasteiger partial charge < -0.3 is 10.2 Å². The molecule has 0 saturated carbocycles. The summed E-state index contributed by atoms with van der Waals surface area (Å²) >= 11 is 0. The van der Waals surface area contributed by atoms with Gasteiger partial charge in [-0.1, -0.05) is 0 Å². The van der Waals surface area contributed by atoms with Gasteiger partial charge >= 0.3 is 63.3 Å². The molecular weight excluding hydrogens is 179 g/mol. The van der Waals surface area contributed by atoms with Crippen LogP contribution in [-0.2, 0) is 14.4 Å². The average molecular weight is 185 g/mol. The van der Waals surface area contributed by atoms with Crippen molar-refractivity contribution in [2.75, 3.05) is 0 Å². The van der Waals surface area contributed by atoms with Crippen molar-refractivity contribution in [1.29, 1.82) is 0 Å². The van der Waals surface area contributed by atoms with E-state index in [0.29, 0.717) is 0 Å². The molecule has 0 aliphatic rings. The van der Waals surface area contributed by atoms with Crippen LogP contribution < -0.4 is 51.4 Å². The van der Waals surface area contributed by atoms with Crippen LogP contribution in [0.5, 0.6) is 0 Å². The fourth-order valence-corrected chi connectivity index (χ4v) is 0.327. The molecule has 0 radical (unpaired) electrons. The zero-order valence-corrected chi connectivity index (χ0v) is 9.16. The Morgan fingerprint density at radius 1 is 1.00 bits per heavy atom. The Balaban J connectivity index is 0. The van der Waals surface area contributed by atoms with Gasteiger partial charge in [-0.3, -0.25) is 9.59 Å². The topological polar surface area (TPSA) is 91.7 Å². The number of ketones is 1. The quantitative estimate of drug-likeness (QED) is 0.350. The van der Waals surface area contributed by atoms with Crippen LogP contribution in [0.15, 0.2) is 0 Å². The minimum atomic E-state index is -1.58. The van der Waals surface area contributed by atoms with Gasteiger partial charge in [0.2, 0.25) is 5.78 Å². The van der Waals surface area contributed by atoms with E-state index in [-0.39, 0.29) is 51.4 Å². The number of hydrogen-bond acceptors (Lipinski definition) is 3. The van der Waals surface area contributed by atoms with Crippen molar-refractivity contribution in [1.82, 2.24) is 0 Å². The molecule has 0 rings (SSSR count). The Kier molecular flexibility index (Phi) is 8.70. The number of carbonyl (C=O) groups excluding carboxylic acids is 1.